The van der Waals surface area contributed by atoms with Crippen molar-refractivity contribution in [1.29, 1.82) is 0 Å². The maximum Gasteiger partial charge on any atom is 0.168 e. The van der Waals surface area contributed by atoms with Crippen molar-refractivity contribution in [3.8, 4) is 22.6 Å². The molecule has 192 valence electrons. The molecular weight excluding hydrogens is 461 g/mol. The van der Waals surface area contributed by atoms with Gasteiger partial charge in [-0.2, -0.15) is 0 Å². The predicted molar refractivity (Wildman–Crippen MR) is 138 cm³/mol. The highest BCUT2D eigenvalue weighted by molar-refractivity contribution is 5.65. The Hall–Kier alpha value is -2.95. The topological polar surface area (TPSA) is 18.5 Å². The fourth-order valence-electron chi connectivity index (χ4n) is 5.21. The van der Waals surface area contributed by atoms with Gasteiger partial charge in [0.1, 0.15) is 12.4 Å². The Kier molecular flexibility index (Phi) is 8.95. The number of hydrogen-bond acceptors (Lipinski definition) is 2. The van der Waals surface area contributed by atoms with Gasteiger partial charge in [-0.25, -0.2) is 13.2 Å². The normalized spacial score (nSPS) is 17.7. The number of ether oxygens (including phenoxy) is 2. The van der Waals surface area contributed by atoms with Crippen molar-refractivity contribution in [1.82, 2.24) is 0 Å². The summed E-state index contributed by atoms with van der Waals surface area (Å²) >= 11 is 0. The van der Waals surface area contributed by atoms with Gasteiger partial charge in [-0.1, -0.05) is 69.0 Å². The van der Waals surface area contributed by atoms with Gasteiger partial charge >= 0.3 is 0 Å². The molecule has 4 rings (SSSR count). The summed E-state index contributed by atoms with van der Waals surface area (Å²) in [5.74, 6) is -0.657. The van der Waals surface area contributed by atoms with E-state index in [1.54, 1.807) is 42.5 Å². The van der Waals surface area contributed by atoms with Gasteiger partial charge in [0.05, 0.1) is 7.11 Å². The smallest absolute Gasteiger partial charge is 0.168 e. The van der Waals surface area contributed by atoms with Crippen molar-refractivity contribution in [2.45, 2.75) is 70.8 Å². The molecule has 5 heteroatoms. The molecule has 0 atom stereocenters. The SMILES string of the molecule is CCCCCC1CCC(c2ccc(-c3ccc(COc4ccc(OC)cc4F)cc3)c(F)c2F)CC1. The molecule has 3 aromatic carbocycles. The van der Waals surface area contributed by atoms with E-state index in [2.05, 4.69) is 6.92 Å². The number of unbranched alkanes of at least 4 members (excludes halogenated alkanes) is 2. The molecule has 0 aliphatic heterocycles. The lowest BCUT2D eigenvalue weighted by Crippen LogP contribution is -2.15. The zero-order valence-corrected chi connectivity index (χ0v) is 21.2. The standard InChI is InChI=1S/C31H35F3O2/c1-3-4-5-6-21-7-11-23(12-8-21)26-16-17-27(31(34)30(26)33)24-13-9-22(10-14-24)20-36-29-18-15-25(35-2)19-28(29)32/h9-10,13-19,21,23H,3-8,11-12,20H2,1-2H3. The molecule has 1 aliphatic rings. The molecular formula is C31H35F3O2. The van der Waals surface area contributed by atoms with E-state index < -0.39 is 17.5 Å². The molecule has 3 aromatic rings. The van der Waals surface area contributed by atoms with E-state index in [4.69, 9.17) is 9.47 Å². The van der Waals surface area contributed by atoms with Gasteiger partial charge in [0.2, 0.25) is 0 Å². The van der Waals surface area contributed by atoms with Gasteiger partial charge in [-0.3, -0.25) is 0 Å². The first kappa shape index (κ1) is 26.1. The highest BCUT2D eigenvalue weighted by atomic mass is 19.2. The molecule has 0 saturated heterocycles. The second-order valence-electron chi connectivity index (χ2n) is 9.83. The zero-order valence-electron chi connectivity index (χ0n) is 21.2. The predicted octanol–water partition coefficient (Wildman–Crippen LogP) is 9.21. The van der Waals surface area contributed by atoms with Crippen molar-refractivity contribution in [2.24, 2.45) is 5.92 Å². The maximum absolute atomic E-state index is 15.1. The first-order valence-electron chi connectivity index (χ1n) is 13.0. The average Bonchev–Trinajstić information content (AvgIpc) is 2.90. The van der Waals surface area contributed by atoms with Crippen LogP contribution in [0.5, 0.6) is 11.5 Å². The Labute approximate surface area is 212 Å². The van der Waals surface area contributed by atoms with Crippen LogP contribution in [0.4, 0.5) is 13.2 Å². The Morgan fingerprint density at radius 3 is 2.25 bits per heavy atom. The van der Waals surface area contributed by atoms with Crippen LogP contribution in [-0.4, -0.2) is 7.11 Å². The van der Waals surface area contributed by atoms with Gasteiger partial charge in [0.25, 0.3) is 0 Å². The van der Waals surface area contributed by atoms with Crippen molar-refractivity contribution in [2.75, 3.05) is 7.11 Å². The van der Waals surface area contributed by atoms with Crippen molar-refractivity contribution < 1.29 is 22.6 Å². The first-order valence-corrected chi connectivity index (χ1v) is 13.0. The summed E-state index contributed by atoms with van der Waals surface area (Å²) in [6.07, 6.45) is 9.08. The Balaban J connectivity index is 1.38. The zero-order chi connectivity index (χ0) is 25.5. The second-order valence-corrected chi connectivity index (χ2v) is 9.83. The summed E-state index contributed by atoms with van der Waals surface area (Å²) in [7, 11) is 1.47. The third-order valence-corrected chi connectivity index (χ3v) is 7.41. The van der Waals surface area contributed by atoms with Gasteiger partial charge < -0.3 is 9.47 Å². The van der Waals surface area contributed by atoms with Gasteiger partial charge in [-0.15, -0.1) is 0 Å². The van der Waals surface area contributed by atoms with Crippen LogP contribution < -0.4 is 9.47 Å². The fraction of sp³-hybridized carbons (Fsp3) is 0.419. The van der Waals surface area contributed by atoms with Crippen molar-refractivity contribution >= 4 is 0 Å². The van der Waals surface area contributed by atoms with Crippen LogP contribution in [0.1, 0.15) is 75.3 Å². The molecule has 1 fully saturated rings. The number of benzene rings is 3. The Morgan fingerprint density at radius 1 is 0.833 bits per heavy atom. The van der Waals surface area contributed by atoms with E-state index in [9.17, 15) is 4.39 Å². The van der Waals surface area contributed by atoms with Crippen LogP contribution in [0.2, 0.25) is 0 Å². The number of hydrogen-bond donors (Lipinski definition) is 0. The van der Waals surface area contributed by atoms with Crippen LogP contribution in [0.3, 0.4) is 0 Å². The van der Waals surface area contributed by atoms with E-state index in [1.165, 1.54) is 44.9 Å². The molecule has 2 nitrogen and oxygen atoms in total. The lowest BCUT2D eigenvalue weighted by atomic mass is 9.76. The molecule has 36 heavy (non-hydrogen) atoms. The summed E-state index contributed by atoms with van der Waals surface area (Å²) in [4.78, 5) is 0. The van der Waals surface area contributed by atoms with E-state index in [-0.39, 0.29) is 23.8 Å². The fourth-order valence-corrected chi connectivity index (χ4v) is 5.21. The van der Waals surface area contributed by atoms with Crippen LogP contribution in [0.25, 0.3) is 11.1 Å². The number of methoxy groups -OCH3 is 1. The number of halogens is 3. The van der Waals surface area contributed by atoms with Crippen LogP contribution in [0.15, 0.2) is 54.6 Å². The van der Waals surface area contributed by atoms with Crippen molar-refractivity contribution in [3.05, 3.63) is 83.2 Å². The second kappa shape index (κ2) is 12.3. The van der Waals surface area contributed by atoms with Crippen LogP contribution in [-0.2, 0) is 6.61 Å². The average molecular weight is 497 g/mol. The Bertz CT molecular complexity index is 1140. The summed E-state index contributed by atoms with van der Waals surface area (Å²) < 4.78 is 54.9. The quantitative estimate of drug-likeness (QED) is 0.261. The van der Waals surface area contributed by atoms with Crippen molar-refractivity contribution in [3.63, 3.8) is 0 Å². The molecule has 0 bridgehead atoms. The molecule has 0 radical (unpaired) electrons. The Morgan fingerprint density at radius 2 is 1.58 bits per heavy atom. The highest BCUT2D eigenvalue weighted by Gasteiger charge is 2.26. The van der Waals surface area contributed by atoms with E-state index >= 15 is 8.78 Å². The summed E-state index contributed by atoms with van der Waals surface area (Å²) in [5, 5.41) is 0. The monoisotopic (exact) mass is 496 g/mol. The largest absolute Gasteiger partial charge is 0.497 e. The molecule has 0 aromatic heterocycles. The highest BCUT2D eigenvalue weighted by Crippen LogP contribution is 2.40. The van der Waals surface area contributed by atoms with Crippen LogP contribution >= 0.6 is 0 Å². The third-order valence-electron chi connectivity index (χ3n) is 7.41. The van der Waals surface area contributed by atoms with Gasteiger partial charge in [-0.05, 0) is 66.3 Å². The summed E-state index contributed by atoms with van der Waals surface area (Å²) in [6.45, 7) is 2.37. The lowest BCUT2D eigenvalue weighted by Gasteiger charge is -2.29. The minimum Gasteiger partial charge on any atom is -0.497 e. The molecule has 1 saturated carbocycles. The van der Waals surface area contributed by atoms with E-state index in [1.807, 2.05) is 0 Å². The molecule has 0 unspecified atom stereocenters. The molecule has 0 amide bonds. The molecule has 1 aliphatic carbocycles. The molecule has 0 N–H and O–H groups in total. The van der Waals surface area contributed by atoms with E-state index in [0.29, 0.717) is 16.9 Å². The summed E-state index contributed by atoms with van der Waals surface area (Å²) in [6, 6.07) is 14.9. The van der Waals surface area contributed by atoms with Crippen LogP contribution in [0, 0.1) is 23.4 Å². The first-order chi connectivity index (χ1) is 17.5. The minimum absolute atomic E-state index is 0.0915. The lowest BCUT2D eigenvalue weighted by molar-refractivity contribution is 0.289. The number of rotatable bonds is 10. The molecule has 0 heterocycles. The van der Waals surface area contributed by atoms with Gasteiger partial charge in [0, 0.05) is 11.6 Å². The summed E-state index contributed by atoms with van der Waals surface area (Å²) in [5.41, 5.74) is 2.15. The van der Waals surface area contributed by atoms with Gasteiger partial charge in [0.15, 0.2) is 23.2 Å². The molecule has 0 spiro atoms. The third kappa shape index (κ3) is 6.24. The maximum atomic E-state index is 15.1. The van der Waals surface area contributed by atoms with E-state index in [0.717, 1.165) is 37.2 Å². The minimum atomic E-state index is -0.790.